The predicted molar refractivity (Wildman–Crippen MR) is 76.6 cm³/mol. The molecule has 1 aliphatic rings. The average Bonchev–Trinajstić information content (AvgIpc) is 2.69. The highest BCUT2D eigenvalue weighted by atomic mass is 16.5. The van der Waals surface area contributed by atoms with Crippen molar-refractivity contribution < 1.29 is 9.53 Å². The van der Waals surface area contributed by atoms with Crippen LogP contribution in [0.1, 0.15) is 35.2 Å². The third-order valence-corrected chi connectivity index (χ3v) is 3.62. The van der Waals surface area contributed by atoms with Crippen molar-refractivity contribution >= 4 is 11.6 Å². The summed E-state index contributed by atoms with van der Waals surface area (Å²) >= 11 is 0. The number of carbonyl (C=O) groups is 1. The van der Waals surface area contributed by atoms with Crippen LogP contribution in [0.25, 0.3) is 0 Å². The molecular weight excluding hydrogens is 240 g/mol. The Hall–Kier alpha value is -1.55. The molecule has 1 unspecified atom stereocenters. The smallest absolute Gasteiger partial charge is 0.251 e. The molecule has 0 aromatic heterocycles. The topological polar surface area (TPSA) is 50.4 Å². The number of anilines is 1. The lowest BCUT2D eigenvalue weighted by Crippen LogP contribution is -2.22. The maximum atomic E-state index is 11.8. The van der Waals surface area contributed by atoms with E-state index in [1.165, 1.54) is 0 Å². The van der Waals surface area contributed by atoms with Crippen LogP contribution in [0.5, 0.6) is 0 Å². The lowest BCUT2D eigenvalue weighted by Gasteiger charge is -2.19. The molecule has 19 heavy (non-hydrogen) atoms. The first-order valence-corrected chi connectivity index (χ1v) is 6.88. The second kappa shape index (κ2) is 6.57. The Morgan fingerprint density at radius 3 is 2.95 bits per heavy atom. The van der Waals surface area contributed by atoms with Crippen LogP contribution in [0.2, 0.25) is 0 Å². The lowest BCUT2D eigenvalue weighted by atomic mass is 10.0. The summed E-state index contributed by atoms with van der Waals surface area (Å²) in [7, 11) is 1.66. The van der Waals surface area contributed by atoms with Crippen molar-refractivity contribution in [2.45, 2.75) is 32.2 Å². The van der Waals surface area contributed by atoms with Crippen LogP contribution in [0.4, 0.5) is 5.69 Å². The summed E-state index contributed by atoms with van der Waals surface area (Å²) in [6.45, 7) is 3.65. The fourth-order valence-electron chi connectivity index (χ4n) is 2.44. The van der Waals surface area contributed by atoms with Gasteiger partial charge in [0, 0.05) is 37.6 Å². The minimum Gasteiger partial charge on any atom is -0.382 e. The van der Waals surface area contributed by atoms with Gasteiger partial charge in [0.2, 0.25) is 0 Å². The van der Waals surface area contributed by atoms with Gasteiger partial charge in [0.1, 0.15) is 0 Å². The van der Waals surface area contributed by atoms with E-state index >= 15 is 0 Å². The molecule has 0 bridgehead atoms. The van der Waals surface area contributed by atoms with Gasteiger partial charge in [0.25, 0.3) is 5.91 Å². The maximum absolute atomic E-state index is 11.8. The van der Waals surface area contributed by atoms with E-state index in [2.05, 4.69) is 10.6 Å². The monoisotopic (exact) mass is 262 g/mol. The molecule has 2 rings (SSSR count). The van der Waals surface area contributed by atoms with Crippen LogP contribution in [-0.4, -0.2) is 32.2 Å². The fourth-order valence-corrected chi connectivity index (χ4v) is 2.44. The minimum atomic E-state index is -0.0367. The SMILES string of the molecule is CNC(=O)c1cccc(NC2CCCOCC2)c1C. The van der Waals surface area contributed by atoms with E-state index < -0.39 is 0 Å². The highest BCUT2D eigenvalue weighted by Crippen LogP contribution is 2.22. The van der Waals surface area contributed by atoms with E-state index in [4.69, 9.17) is 4.74 Å². The second-order valence-corrected chi connectivity index (χ2v) is 4.94. The molecule has 1 aliphatic heterocycles. The third kappa shape index (κ3) is 3.47. The van der Waals surface area contributed by atoms with Gasteiger partial charge in [0.05, 0.1) is 0 Å². The van der Waals surface area contributed by atoms with E-state index in [9.17, 15) is 4.79 Å². The maximum Gasteiger partial charge on any atom is 0.251 e. The van der Waals surface area contributed by atoms with E-state index in [0.29, 0.717) is 6.04 Å². The van der Waals surface area contributed by atoms with Crippen molar-refractivity contribution in [3.05, 3.63) is 29.3 Å². The molecule has 2 N–H and O–H groups in total. The first-order chi connectivity index (χ1) is 9.22. The zero-order valence-corrected chi connectivity index (χ0v) is 11.7. The first kappa shape index (κ1) is 13.9. The van der Waals surface area contributed by atoms with Gasteiger partial charge in [-0.15, -0.1) is 0 Å². The highest BCUT2D eigenvalue weighted by molar-refractivity contribution is 5.96. The number of hydrogen-bond donors (Lipinski definition) is 2. The molecule has 4 nitrogen and oxygen atoms in total. The Morgan fingerprint density at radius 1 is 1.32 bits per heavy atom. The zero-order valence-electron chi connectivity index (χ0n) is 11.7. The lowest BCUT2D eigenvalue weighted by molar-refractivity contribution is 0.0962. The number of hydrogen-bond acceptors (Lipinski definition) is 3. The van der Waals surface area contributed by atoms with Gasteiger partial charge < -0.3 is 15.4 Å². The molecule has 1 atom stereocenters. The normalized spacial score (nSPS) is 19.6. The van der Waals surface area contributed by atoms with Gasteiger partial charge >= 0.3 is 0 Å². The summed E-state index contributed by atoms with van der Waals surface area (Å²) in [5.41, 5.74) is 2.79. The second-order valence-electron chi connectivity index (χ2n) is 4.94. The van der Waals surface area contributed by atoms with Crippen LogP contribution in [0.3, 0.4) is 0 Å². The van der Waals surface area contributed by atoms with Gasteiger partial charge in [-0.2, -0.15) is 0 Å². The molecular formula is C15H22N2O2. The number of ether oxygens (including phenoxy) is 1. The van der Waals surface area contributed by atoms with Crippen molar-refractivity contribution in [3.8, 4) is 0 Å². The molecule has 1 fully saturated rings. The summed E-state index contributed by atoms with van der Waals surface area (Å²) in [6.07, 6.45) is 3.22. The van der Waals surface area contributed by atoms with Crippen LogP contribution in [0, 0.1) is 6.92 Å². The third-order valence-electron chi connectivity index (χ3n) is 3.62. The Morgan fingerprint density at radius 2 is 2.16 bits per heavy atom. The molecule has 1 amide bonds. The summed E-state index contributed by atoms with van der Waals surface area (Å²) in [6, 6.07) is 6.25. The molecule has 1 heterocycles. The number of carbonyl (C=O) groups excluding carboxylic acids is 1. The standard InChI is InChI=1S/C15H22N2O2/c1-11-13(15(18)16-2)6-3-7-14(11)17-12-5-4-9-19-10-8-12/h3,6-7,12,17H,4-5,8-10H2,1-2H3,(H,16,18). The van der Waals surface area contributed by atoms with Crippen molar-refractivity contribution in [1.29, 1.82) is 0 Å². The Labute approximate surface area is 114 Å². The largest absolute Gasteiger partial charge is 0.382 e. The molecule has 4 heteroatoms. The Kier molecular flexibility index (Phi) is 4.80. The Balaban J connectivity index is 2.13. The molecule has 0 aliphatic carbocycles. The van der Waals surface area contributed by atoms with Gasteiger partial charge in [-0.3, -0.25) is 4.79 Å². The number of rotatable bonds is 3. The van der Waals surface area contributed by atoms with Crippen molar-refractivity contribution in [3.63, 3.8) is 0 Å². The summed E-state index contributed by atoms with van der Waals surface area (Å²) in [5, 5.41) is 6.22. The predicted octanol–water partition coefficient (Wildman–Crippen LogP) is 2.34. The number of amides is 1. The fraction of sp³-hybridized carbons (Fsp3) is 0.533. The quantitative estimate of drug-likeness (QED) is 0.879. The van der Waals surface area contributed by atoms with Gasteiger partial charge in [-0.25, -0.2) is 0 Å². The van der Waals surface area contributed by atoms with E-state index in [0.717, 1.165) is 49.3 Å². The summed E-state index contributed by atoms with van der Waals surface area (Å²) in [4.78, 5) is 11.8. The van der Waals surface area contributed by atoms with Crippen LogP contribution < -0.4 is 10.6 Å². The van der Waals surface area contributed by atoms with Crippen LogP contribution in [0.15, 0.2) is 18.2 Å². The number of benzene rings is 1. The molecule has 0 radical (unpaired) electrons. The highest BCUT2D eigenvalue weighted by Gasteiger charge is 2.15. The van der Waals surface area contributed by atoms with E-state index in [1.807, 2.05) is 25.1 Å². The van der Waals surface area contributed by atoms with Crippen molar-refractivity contribution in [2.24, 2.45) is 0 Å². The van der Waals surface area contributed by atoms with E-state index in [1.54, 1.807) is 7.05 Å². The molecule has 1 saturated heterocycles. The summed E-state index contributed by atoms with van der Waals surface area (Å²) in [5.74, 6) is -0.0367. The molecule has 104 valence electrons. The molecule has 0 saturated carbocycles. The minimum absolute atomic E-state index is 0.0367. The van der Waals surface area contributed by atoms with Crippen LogP contribution in [-0.2, 0) is 4.74 Å². The van der Waals surface area contributed by atoms with Crippen molar-refractivity contribution in [1.82, 2.24) is 5.32 Å². The first-order valence-electron chi connectivity index (χ1n) is 6.88. The van der Waals surface area contributed by atoms with Gasteiger partial charge in [-0.05, 0) is 43.9 Å². The molecule has 1 aromatic rings. The van der Waals surface area contributed by atoms with Gasteiger partial charge in [0.15, 0.2) is 0 Å². The molecule has 0 spiro atoms. The molecule has 1 aromatic carbocycles. The van der Waals surface area contributed by atoms with Crippen LogP contribution >= 0.6 is 0 Å². The Bertz CT molecular complexity index is 438. The van der Waals surface area contributed by atoms with E-state index in [-0.39, 0.29) is 5.91 Å². The van der Waals surface area contributed by atoms with Gasteiger partial charge in [-0.1, -0.05) is 6.07 Å². The average molecular weight is 262 g/mol. The summed E-state index contributed by atoms with van der Waals surface area (Å²) < 4.78 is 5.47. The van der Waals surface area contributed by atoms with Crippen molar-refractivity contribution in [2.75, 3.05) is 25.6 Å². The zero-order chi connectivity index (χ0) is 13.7. The number of nitrogens with one attached hydrogen (secondary N) is 2.